The van der Waals surface area contributed by atoms with Crippen molar-refractivity contribution in [3.63, 3.8) is 0 Å². The molecule has 0 aromatic heterocycles. The van der Waals surface area contributed by atoms with Crippen molar-refractivity contribution in [1.82, 2.24) is 4.90 Å². The number of carbonyl (C=O) groups is 2. The molecule has 0 saturated carbocycles. The van der Waals surface area contributed by atoms with Gasteiger partial charge in [0.25, 0.3) is 0 Å². The second kappa shape index (κ2) is 6.95. The Bertz CT molecular complexity index is 309. The molecular formula is C15H29NO4. The molecule has 2 amide bonds. The number of ether oxygens (including phenoxy) is 2. The topological polar surface area (TPSA) is 55.8 Å². The molecule has 0 aliphatic heterocycles. The summed E-state index contributed by atoms with van der Waals surface area (Å²) < 4.78 is 10.5. The van der Waals surface area contributed by atoms with E-state index in [4.69, 9.17) is 9.47 Å². The van der Waals surface area contributed by atoms with Gasteiger partial charge in [-0.1, -0.05) is 13.8 Å². The summed E-state index contributed by atoms with van der Waals surface area (Å²) in [5, 5.41) is 0. The Labute approximate surface area is 122 Å². The third-order valence-electron chi connectivity index (χ3n) is 2.16. The molecule has 0 aliphatic carbocycles. The fraction of sp³-hybridized carbons (Fsp3) is 0.867. The molecule has 0 heterocycles. The van der Waals surface area contributed by atoms with Crippen LogP contribution in [0, 0.1) is 5.92 Å². The van der Waals surface area contributed by atoms with E-state index in [0.29, 0.717) is 18.9 Å². The maximum absolute atomic E-state index is 12.1. The third kappa shape index (κ3) is 8.77. The van der Waals surface area contributed by atoms with Gasteiger partial charge in [0.05, 0.1) is 0 Å². The molecule has 0 radical (unpaired) electrons. The number of rotatable bonds is 3. The summed E-state index contributed by atoms with van der Waals surface area (Å²) in [6.45, 7) is 14.9. The predicted octanol–water partition coefficient (Wildman–Crippen LogP) is 4.20. The van der Waals surface area contributed by atoms with E-state index in [-0.39, 0.29) is 0 Å². The molecule has 0 N–H and O–H groups in total. The van der Waals surface area contributed by atoms with Gasteiger partial charge in [-0.25, -0.2) is 14.5 Å². The Balaban J connectivity index is 4.88. The van der Waals surface area contributed by atoms with Crippen molar-refractivity contribution in [3.05, 3.63) is 0 Å². The van der Waals surface area contributed by atoms with Crippen LogP contribution in [-0.4, -0.2) is 34.8 Å². The van der Waals surface area contributed by atoms with E-state index in [9.17, 15) is 9.59 Å². The lowest BCUT2D eigenvalue weighted by molar-refractivity contribution is 0.000798. The Morgan fingerprint density at radius 3 is 1.50 bits per heavy atom. The van der Waals surface area contributed by atoms with Gasteiger partial charge >= 0.3 is 12.2 Å². The van der Waals surface area contributed by atoms with Crippen molar-refractivity contribution in [2.24, 2.45) is 5.92 Å². The Kier molecular flexibility index (Phi) is 6.51. The van der Waals surface area contributed by atoms with Crippen molar-refractivity contribution in [3.8, 4) is 0 Å². The molecule has 20 heavy (non-hydrogen) atoms. The fourth-order valence-electron chi connectivity index (χ4n) is 1.28. The van der Waals surface area contributed by atoms with Gasteiger partial charge in [-0.2, -0.15) is 0 Å². The molecule has 0 fully saturated rings. The Morgan fingerprint density at radius 2 is 1.25 bits per heavy atom. The zero-order valence-electron chi connectivity index (χ0n) is 14.1. The number of nitrogens with zero attached hydrogens (tertiary/aromatic N) is 1. The van der Waals surface area contributed by atoms with E-state index >= 15 is 0 Å². The highest BCUT2D eigenvalue weighted by atomic mass is 16.6. The van der Waals surface area contributed by atoms with Crippen LogP contribution in [0.4, 0.5) is 9.59 Å². The first-order valence-corrected chi connectivity index (χ1v) is 7.05. The molecule has 5 nitrogen and oxygen atoms in total. The van der Waals surface area contributed by atoms with Crippen LogP contribution in [0.25, 0.3) is 0 Å². The lowest BCUT2D eigenvalue weighted by atomic mass is 10.1. The summed E-state index contributed by atoms with van der Waals surface area (Å²) in [6, 6.07) is 0. The Hall–Kier alpha value is -1.26. The highest BCUT2D eigenvalue weighted by Gasteiger charge is 2.30. The molecule has 0 saturated heterocycles. The van der Waals surface area contributed by atoms with Gasteiger partial charge in [0.1, 0.15) is 11.2 Å². The van der Waals surface area contributed by atoms with Gasteiger partial charge in [0.15, 0.2) is 0 Å². The van der Waals surface area contributed by atoms with Crippen molar-refractivity contribution in [1.29, 1.82) is 0 Å². The monoisotopic (exact) mass is 287 g/mol. The summed E-state index contributed by atoms with van der Waals surface area (Å²) in [5.74, 6) is 0.377. The molecule has 118 valence electrons. The quantitative estimate of drug-likeness (QED) is 0.780. The van der Waals surface area contributed by atoms with Gasteiger partial charge in [0.2, 0.25) is 0 Å². The summed E-state index contributed by atoms with van der Waals surface area (Å²) in [7, 11) is 0. The second-order valence-electron chi connectivity index (χ2n) is 7.29. The second-order valence-corrected chi connectivity index (χ2v) is 7.29. The summed E-state index contributed by atoms with van der Waals surface area (Å²) in [4.78, 5) is 25.2. The van der Waals surface area contributed by atoms with Gasteiger partial charge < -0.3 is 9.47 Å². The fourth-order valence-corrected chi connectivity index (χ4v) is 1.28. The van der Waals surface area contributed by atoms with Gasteiger partial charge in [-0.05, 0) is 53.9 Å². The first-order valence-electron chi connectivity index (χ1n) is 7.05. The minimum Gasteiger partial charge on any atom is -0.443 e. The molecule has 0 spiro atoms. The van der Waals surface area contributed by atoms with Crippen LogP contribution >= 0.6 is 0 Å². The molecule has 0 aromatic carbocycles. The van der Waals surface area contributed by atoms with Gasteiger partial charge in [-0.15, -0.1) is 0 Å². The van der Waals surface area contributed by atoms with E-state index in [0.717, 1.165) is 4.90 Å². The first-order chi connectivity index (χ1) is 8.82. The molecule has 5 heteroatoms. The summed E-state index contributed by atoms with van der Waals surface area (Å²) >= 11 is 0. The van der Waals surface area contributed by atoms with Crippen molar-refractivity contribution >= 4 is 12.2 Å². The zero-order chi connectivity index (χ0) is 16.1. The van der Waals surface area contributed by atoms with E-state index < -0.39 is 23.4 Å². The smallest absolute Gasteiger partial charge is 0.419 e. The van der Waals surface area contributed by atoms with Crippen molar-refractivity contribution in [2.75, 3.05) is 6.54 Å². The minimum atomic E-state index is -0.660. The number of hydrogen-bond acceptors (Lipinski definition) is 4. The summed E-state index contributed by atoms with van der Waals surface area (Å²) in [5.41, 5.74) is -1.29. The van der Waals surface area contributed by atoms with E-state index in [2.05, 4.69) is 0 Å². The highest BCUT2D eigenvalue weighted by molar-refractivity contribution is 5.88. The first kappa shape index (κ1) is 18.7. The van der Waals surface area contributed by atoms with Crippen LogP contribution in [0.3, 0.4) is 0 Å². The maximum atomic E-state index is 12.1. The molecule has 0 bridgehead atoms. The average Bonchev–Trinajstić information content (AvgIpc) is 2.10. The molecule has 0 atom stereocenters. The zero-order valence-corrected chi connectivity index (χ0v) is 14.1. The highest BCUT2D eigenvalue weighted by Crippen LogP contribution is 2.15. The SMILES string of the molecule is CC(C)CCN(C(=O)OC(C)(C)C)C(=O)OC(C)(C)C. The normalized spacial score (nSPS) is 12.2. The average molecular weight is 287 g/mol. The largest absolute Gasteiger partial charge is 0.443 e. The van der Waals surface area contributed by atoms with Crippen molar-refractivity contribution < 1.29 is 19.1 Å². The van der Waals surface area contributed by atoms with E-state index in [1.165, 1.54) is 0 Å². The predicted molar refractivity (Wildman–Crippen MR) is 78.6 cm³/mol. The standard InChI is InChI=1S/C15H29NO4/c1-11(2)9-10-16(12(17)19-14(3,4)5)13(18)20-15(6,7)8/h11H,9-10H2,1-8H3. The van der Waals surface area contributed by atoms with E-state index in [1.54, 1.807) is 41.5 Å². The third-order valence-corrected chi connectivity index (χ3v) is 2.16. The maximum Gasteiger partial charge on any atom is 0.419 e. The molecule has 0 aliphatic rings. The summed E-state index contributed by atoms with van der Waals surface area (Å²) in [6.07, 6.45) is -0.613. The van der Waals surface area contributed by atoms with Crippen LogP contribution in [0.1, 0.15) is 61.8 Å². The molecule has 0 aromatic rings. The van der Waals surface area contributed by atoms with Crippen LogP contribution in [0.5, 0.6) is 0 Å². The van der Waals surface area contributed by atoms with Gasteiger partial charge in [0, 0.05) is 6.54 Å². The molecule has 0 rings (SSSR count). The number of imide groups is 1. The van der Waals surface area contributed by atoms with Crippen LogP contribution in [0.15, 0.2) is 0 Å². The molecular weight excluding hydrogens is 258 g/mol. The van der Waals surface area contributed by atoms with Crippen LogP contribution < -0.4 is 0 Å². The number of carbonyl (C=O) groups excluding carboxylic acids is 2. The van der Waals surface area contributed by atoms with Gasteiger partial charge in [-0.3, -0.25) is 0 Å². The molecule has 0 unspecified atom stereocenters. The minimum absolute atomic E-state index is 0.293. The lowest BCUT2D eigenvalue weighted by Crippen LogP contribution is -2.44. The van der Waals surface area contributed by atoms with Crippen LogP contribution in [0.2, 0.25) is 0 Å². The van der Waals surface area contributed by atoms with Crippen molar-refractivity contribution in [2.45, 2.75) is 73.0 Å². The Morgan fingerprint density at radius 1 is 0.900 bits per heavy atom. The number of hydrogen-bond donors (Lipinski definition) is 0. The number of amides is 2. The lowest BCUT2D eigenvalue weighted by Gasteiger charge is -2.28. The van der Waals surface area contributed by atoms with E-state index in [1.807, 2.05) is 13.8 Å². The van der Waals surface area contributed by atoms with Crippen LogP contribution in [-0.2, 0) is 9.47 Å².